The minimum Gasteiger partial charge on any atom is -0.243 e. The van der Waals surface area contributed by atoms with E-state index < -0.39 is 5.67 Å². The number of unbranched alkanes of at least 4 members (excludes halogenated alkanes) is 1. The Bertz CT molecular complexity index is 332. The van der Waals surface area contributed by atoms with E-state index in [1.165, 1.54) is 0 Å². The first-order valence-corrected chi connectivity index (χ1v) is 5.87. The molecule has 1 aliphatic carbocycles. The molecule has 1 heteroatoms. The number of rotatable bonds is 4. The summed E-state index contributed by atoms with van der Waals surface area (Å²) in [5.74, 6) is 0. The van der Waals surface area contributed by atoms with Crippen LogP contribution in [0.1, 0.15) is 45.1 Å². The Morgan fingerprint density at radius 3 is 2.53 bits per heavy atom. The Kier molecular flexibility index (Phi) is 2.57. The molecule has 1 aliphatic rings. The fourth-order valence-corrected chi connectivity index (χ4v) is 2.50. The second kappa shape index (κ2) is 3.62. The van der Waals surface area contributed by atoms with Gasteiger partial charge in [-0.05, 0) is 18.4 Å². The van der Waals surface area contributed by atoms with Crippen LogP contribution in [0.4, 0.5) is 4.39 Å². The zero-order valence-corrected chi connectivity index (χ0v) is 9.59. The number of halogens is 1. The molecule has 1 fully saturated rings. The Morgan fingerprint density at radius 1 is 1.27 bits per heavy atom. The van der Waals surface area contributed by atoms with E-state index in [4.69, 9.17) is 0 Å². The molecule has 0 saturated heterocycles. The van der Waals surface area contributed by atoms with Crippen molar-refractivity contribution in [1.82, 2.24) is 0 Å². The van der Waals surface area contributed by atoms with Crippen molar-refractivity contribution in [3.63, 3.8) is 0 Å². The first-order chi connectivity index (χ1) is 7.12. The van der Waals surface area contributed by atoms with Crippen LogP contribution < -0.4 is 0 Å². The Morgan fingerprint density at radius 2 is 1.93 bits per heavy atom. The van der Waals surface area contributed by atoms with Crippen molar-refractivity contribution < 1.29 is 4.39 Å². The van der Waals surface area contributed by atoms with Crippen molar-refractivity contribution in [3.8, 4) is 0 Å². The van der Waals surface area contributed by atoms with Crippen LogP contribution in [0, 0.1) is 0 Å². The number of hydrogen-bond acceptors (Lipinski definition) is 0. The molecule has 82 valence electrons. The standard InChI is InChI=1S/C14H19F/c1-3-4-10-14(15)11-13(14,2)12-8-6-5-7-9-12/h5-9H,3-4,10-11H2,1-2H3. The molecule has 0 spiro atoms. The number of alkyl halides is 1. The van der Waals surface area contributed by atoms with E-state index in [-0.39, 0.29) is 5.41 Å². The molecule has 2 rings (SSSR count). The van der Waals surface area contributed by atoms with Gasteiger partial charge in [0.25, 0.3) is 0 Å². The van der Waals surface area contributed by atoms with Crippen LogP contribution in [0.25, 0.3) is 0 Å². The molecule has 0 bridgehead atoms. The highest BCUT2D eigenvalue weighted by molar-refractivity contribution is 5.38. The van der Waals surface area contributed by atoms with Crippen LogP contribution in [-0.2, 0) is 5.41 Å². The van der Waals surface area contributed by atoms with Gasteiger partial charge in [-0.3, -0.25) is 0 Å². The molecule has 1 saturated carbocycles. The Balaban J connectivity index is 2.12. The van der Waals surface area contributed by atoms with Gasteiger partial charge >= 0.3 is 0 Å². The highest BCUT2D eigenvalue weighted by Crippen LogP contribution is 2.62. The summed E-state index contributed by atoms with van der Waals surface area (Å²) in [5.41, 5.74) is -0.00282. The highest BCUT2D eigenvalue weighted by atomic mass is 19.1. The summed E-state index contributed by atoms with van der Waals surface area (Å²) in [7, 11) is 0. The molecule has 2 atom stereocenters. The SMILES string of the molecule is CCCCC1(F)CC1(C)c1ccccc1. The third-order valence-electron chi connectivity index (χ3n) is 3.84. The third kappa shape index (κ3) is 1.68. The van der Waals surface area contributed by atoms with Crippen molar-refractivity contribution in [2.24, 2.45) is 0 Å². The maximum Gasteiger partial charge on any atom is 0.121 e. The van der Waals surface area contributed by atoms with Crippen LogP contribution in [-0.4, -0.2) is 5.67 Å². The summed E-state index contributed by atoms with van der Waals surface area (Å²) in [6.45, 7) is 4.17. The van der Waals surface area contributed by atoms with Gasteiger partial charge < -0.3 is 0 Å². The second-order valence-corrected chi connectivity index (χ2v) is 4.94. The van der Waals surface area contributed by atoms with Gasteiger partial charge in [-0.1, -0.05) is 57.0 Å². The molecule has 2 unspecified atom stereocenters. The fraction of sp³-hybridized carbons (Fsp3) is 0.571. The first kappa shape index (κ1) is 10.7. The molecular formula is C14H19F. The lowest BCUT2D eigenvalue weighted by Gasteiger charge is -2.15. The minimum absolute atomic E-state index is 0.219. The molecule has 1 aromatic carbocycles. The third-order valence-corrected chi connectivity index (χ3v) is 3.84. The zero-order chi connectivity index (χ0) is 10.9. The Labute approximate surface area is 91.5 Å². The lowest BCUT2D eigenvalue weighted by molar-refractivity contribution is 0.246. The van der Waals surface area contributed by atoms with E-state index >= 15 is 0 Å². The molecule has 0 radical (unpaired) electrons. The van der Waals surface area contributed by atoms with Gasteiger partial charge in [-0.15, -0.1) is 0 Å². The minimum atomic E-state index is -0.940. The van der Waals surface area contributed by atoms with Gasteiger partial charge in [-0.25, -0.2) is 4.39 Å². The molecule has 0 nitrogen and oxygen atoms in total. The van der Waals surface area contributed by atoms with Gasteiger partial charge in [0, 0.05) is 5.41 Å². The van der Waals surface area contributed by atoms with Crippen LogP contribution in [0.2, 0.25) is 0 Å². The monoisotopic (exact) mass is 206 g/mol. The normalized spacial score (nSPS) is 34.1. The topological polar surface area (TPSA) is 0 Å². The predicted molar refractivity (Wildman–Crippen MR) is 61.8 cm³/mol. The summed E-state index contributed by atoms with van der Waals surface area (Å²) in [4.78, 5) is 0. The molecule has 0 N–H and O–H groups in total. The average molecular weight is 206 g/mol. The zero-order valence-electron chi connectivity index (χ0n) is 9.59. The number of hydrogen-bond donors (Lipinski definition) is 0. The van der Waals surface area contributed by atoms with Crippen molar-refractivity contribution in [2.45, 2.75) is 50.6 Å². The van der Waals surface area contributed by atoms with Crippen molar-refractivity contribution >= 4 is 0 Å². The summed E-state index contributed by atoms with van der Waals surface area (Å²) in [5, 5.41) is 0. The van der Waals surface area contributed by atoms with E-state index in [9.17, 15) is 4.39 Å². The summed E-state index contributed by atoms with van der Waals surface area (Å²) >= 11 is 0. The van der Waals surface area contributed by atoms with E-state index in [0.29, 0.717) is 6.42 Å². The Hall–Kier alpha value is -0.850. The van der Waals surface area contributed by atoms with Crippen molar-refractivity contribution in [3.05, 3.63) is 35.9 Å². The molecule has 0 amide bonds. The molecular weight excluding hydrogens is 187 g/mol. The van der Waals surface area contributed by atoms with Crippen LogP contribution >= 0.6 is 0 Å². The van der Waals surface area contributed by atoms with Gasteiger partial charge in [0.1, 0.15) is 5.67 Å². The van der Waals surface area contributed by atoms with E-state index in [2.05, 4.69) is 13.8 Å². The fourth-order valence-electron chi connectivity index (χ4n) is 2.50. The van der Waals surface area contributed by atoms with Crippen molar-refractivity contribution in [2.75, 3.05) is 0 Å². The molecule has 1 aromatic rings. The first-order valence-electron chi connectivity index (χ1n) is 5.87. The highest BCUT2D eigenvalue weighted by Gasteiger charge is 2.65. The molecule has 0 heterocycles. The largest absolute Gasteiger partial charge is 0.243 e. The lowest BCUT2D eigenvalue weighted by Crippen LogP contribution is -2.16. The van der Waals surface area contributed by atoms with E-state index in [0.717, 1.165) is 24.8 Å². The summed E-state index contributed by atoms with van der Waals surface area (Å²) < 4.78 is 14.4. The van der Waals surface area contributed by atoms with Crippen molar-refractivity contribution in [1.29, 1.82) is 0 Å². The van der Waals surface area contributed by atoms with Crippen LogP contribution in [0.15, 0.2) is 30.3 Å². The quantitative estimate of drug-likeness (QED) is 0.691. The molecule has 0 aromatic heterocycles. The molecule has 15 heavy (non-hydrogen) atoms. The van der Waals surface area contributed by atoms with Gasteiger partial charge in [0.2, 0.25) is 0 Å². The maximum absolute atomic E-state index is 14.4. The summed E-state index contributed by atoms with van der Waals surface area (Å²) in [6, 6.07) is 10.1. The average Bonchev–Trinajstić information content (AvgIpc) is 2.82. The van der Waals surface area contributed by atoms with Crippen LogP contribution in [0.5, 0.6) is 0 Å². The summed E-state index contributed by atoms with van der Waals surface area (Å²) in [6.07, 6.45) is 3.49. The smallest absolute Gasteiger partial charge is 0.121 e. The molecule has 0 aliphatic heterocycles. The van der Waals surface area contributed by atoms with Crippen LogP contribution in [0.3, 0.4) is 0 Å². The van der Waals surface area contributed by atoms with Gasteiger partial charge in [-0.2, -0.15) is 0 Å². The van der Waals surface area contributed by atoms with E-state index in [1.807, 2.05) is 30.3 Å². The maximum atomic E-state index is 14.4. The predicted octanol–water partition coefficient (Wildman–Crippen LogP) is 4.25. The number of benzene rings is 1. The second-order valence-electron chi connectivity index (χ2n) is 4.94. The van der Waals surface area contributed by atoms with E-state index in [1.54, 1.807) is 0 Å². The lowest BCUT2D eigenvalue weighted by atomic mass is 9.92. The van der Waals surface area contributed by atoms with Gasteiger partial charge in [0.15, 0.2) is 0 Å². The van der Waals surface area contributed by atoms with Gasteiger partial charge in [0.05, 0.1) is 0 Å².